The van der Waals surface area contributed by atoms with Gasteiger partial charge in [0.2, 0.25) is 5.91 Å². The van der Waals surface area contributed by atoms with E-state index in [4.69, 9.17) is 0 Å². The average molecular weight is 369 g/mol. The quantitative estimate of drug-likeness (QED) is 0.768. The topological polar surface area (TPSA) is 32.3 Å². The van der Waals surface area contributed by atoms with Gasteiger partial charge in [-0.2, -0.15) is 0 Å². The van der Waals surface area contributed by atoms with Crippen molar-refractivity contribution in [3.8, 4) is 0 Å². The van der Waals surface area contributed by atoms with E-state index in [0.717, 1.165) is 30.5 Å². The molecule has 1 saturated carbocycles. The number of benzene rings is 1. The number of nitrogens with one attached hydrogen (secondary N) is 1. The van der Waals surface area contributed by atoms with Crippen molar-refractivity contribution >= 4 is 11.6 Å². The van der Waals surface area contributed by atoms with Crippen molar-refractivity contribution in [2.45, 2.75) is 77.7 Å². The molecule has 27 heavy (non-hydrogen) atoms. The summed E-state index contributed by atoms with van der Waals surface area (Å²) in [5.41, 5.74) is 2.76. The first-order valence-corrected chi connectivity index (χ1v) is 11.1. The van der Waals surface area contributed by atoms with E-state index in [1.807, 2.05) is 12.1 Å². The lowest BCUT2D eigenvalue weighted by atomic mass is 9.68. The smallest absolute Gasteiger partial charge is 0.232 e. The van der Waals surface area contributed by atoms with Crippen LogP contribution in [-0.2, 0) is 4.79 Å². The maximum absolute atomic E-state index is 12.5. The van der Waals surface area contributed by atoms with Crippen LogP contribution < -0.4 is 5.32 Å². The summed E-state index contributed by atoms with van der Waals surface area (Å²) in [6, 6.07) is 9.04. The third-order valence-electron chi connectivity index (χ3n) is 8.11. The number of carbonyl (C=O) groups is 1. The first kappa shape index (κ1) is 19.0. The molecule has 4 rings (SSSR count). The van der Waals surface area contributed by atoms with Crippen LogP contribution in [0.1, 0.15) is 77.2 Å². The molecule has 1 aromatic carbocycles. The zero-order valence-electron chi connectivity index (χ0n) is 17.3. The standard InChI is InChI=1S/C24H36N2O/c1-4-24(2,3)18-9-11-19(12-10-18)26-15-13-17(14-16-26)22-20-7-5-6-8-21(20)25-23(22)27/h5-8,17-19,22H,4,9-16H2,1-3H3,(H,25,27). The minimum Gasteiger partial charge on any atom is -0.325 e. The Kier molecular flexibility index (Phi) is 5.33. The van der Waals surface area contributed by atoms with Crippen molar-refractivity contribution in [1.29, 1.82) is 0 Å². The van der Waals surface area contributed by atoms with Crippen LogP contribution in [-0.4, -0.2) is 29.9 Å². The molecule has 2 heterocycles. The molecule has 1 aromatic rings. The summed E-state index contributed by atoms with van der Waals surface area (Å²) >= 11 is 0. The average Bonchev–Trinajstić information content (AvgIpc) is 3.04. The van der Waals surface area contributed by atoms with Crippen LogP contribution in [0.15, 0.2) is 24.3 Å². The van der Waals surface area contributed by atoms with Gasteiger partial charge in [0.15, 0.2) is 0 Å². The fourth-order valence-electron chi connectivity index (χ4n) is 5.83. The molecule has 1 unspecified atom stereocenters. The Hall–Kier alpha value is -1.35. The van der Waals surface area contributed by atoms with Gasteiger partial charge in [-0.1, -0.05) is 45.4 Å². The van der Waals surface area contributed by atoms with Crippen LogP contribution in [0.4, 0.5) is 5.69 Å². The Labute approximate surface area is 164 Å². The molecule has 3 heteroatoms. The number of nitrogens with zero attached hydrogens (tertiary/aromatic N) is 1. The first-order valence-electron chi connectivity index (χ1n) is 11.1. The van der Waals surface area contributed by atoms with Crippen molar-refractivity contribution < 1.29 is 4.79 Å². The van der Waals surface area contributed by atoms with Crippen LogP contribution in [0, 0.1) is 17.3 Å². The second kappa shape index (κ2) is 7.58. The summed E-state index contributed by atoms with van der Waals surface area (Å²) in [6.07, 6.45) is 9.13. The first-order chi connectivity index (χ1) is 13.0. The molecule has 1 N–H and O–H groups in total. The van der Waals surface area contributed by atoms with E-state index in [0.29, 0.717) is 11.3 Å². The number of likely N-dealkylation sites (tertiary alicyclic amines) is 1. The number of hydrogen-bond acceptors (Lipinski definition) is 2. The highest BCUT2D eigenvalue weighted by atomic mass is 16.2. The fourth-order valence-corrected chi connectivity index (χ4v) is 5.83. The third kappa shape index (κ3) is 3.68. The molecule has 1 saturated heterocycles. The van der Waals surface area contributed by atoms with Crippen molar-refractivity contribution in [2.24, 2.45) is 17.3 Å². The second-order valence-electron chi connectivity index (χ2n) is 9.78. The summed E-state index contributed by atoms with van der Waals surface area (Å²) < 4.78 is 0. The molecule has 3 nitrogen and oxygen atoms in total. The van der Waals surface area contributed by atoms with Gasteiger partial charge in [-0.3, -0.25) is 4.79 Å². The highest BCUT2D eigenvalue weighted by Crippen LogP contribution is 2.44. The van der Waals surface area contributed by atoms with Gasteiger partial charge in [-0.05, 0) is 80.5 Å². The number of fused-ring (bicyclic) bond motifs is 1. The number of hydrogen-bond donors (Lipinski definition) is 1. The number of amides is 1. The zero-order chi connectivity index (χ0) is 19.0. The van der Waals surface area contributed by atoms with E-state index >= 15 is 0 Å². The van der Waals surface area contributed by atoms with Gasteiger partial charge in [0, 0.05) is 11.7 Å². The van der Waals surface area contributed by atoms with Crippen LogP contribution in [0.5, 0.6) is 0 Å². The molecule has 2 aliphatic heterocycles. The third-order valence-corrected chi connectivity index (χ3v) is 8.11. The van der Waals surface area contributed by atoms with Gasteiger partial charge in [0.1, 0.15) is 0 Å². The summed E-state index contributed by atoms with van der Waals surface area (Å²) in [4.78, 5) is 15.3. The van der Waals surface area contributed by atoms with Crippen LogP contribution >= 0.6 is 0 Å². The molecule has 148 valence electrons. The van der Waals surface area contributed by atoms with Gasteiger partial charge >= 0.3 is 0 Å². The molecular weight excluding hydrogens is 332 g/mol. The molecule has 3 aliphatic rings. The lowest BCUT2D eigenvalue weighted by Gasteiger charge is -2.44. The van der Waals surface area contributed by atoms with Gasteiger partial charge in [0.25, 0.3) is 0 Å². The molecule has 0 bridgehead atoms. The van der Waals surface area contributed by atoms with E-state index < -0.39 is 0 Å². The van der Waals surface area contributed by atoms with Gasteiger partial charge in [0.05, 0.1) is 5.92 Å². The van der Waals surface area contributed by atoms with E-state index in [9.17, 15) is 4.79 Å². The minimum absolute atomic E-state index is 0.0736. The SMILES string of the molecule is CCC(C)(C)C1CCC(N2CCC(C3C(=O)Nc4ccccc43)CC2)CC1. The fraction of sp³-hybridized carbons (Fsp3) is 0.708. The molecule has 2 fully saturated rings. The molecular formula is C24H36N2O. The maximum atomic E-state index is 12.5. The monoisotopic (exact) mass is 368 g/mol. The molecule has 0 aromatic heterocycles. The Balaban J connectivity index is 1.32. The van der Waals surface area contributed by atoms with E-state index in [1.165, 1.54) is 50.8 Å². The van der Waals surface area contributed by atoms with Gasteiger partial charge in [-0.15, -0.1) is 0 Å². The lowest BCUT2D eigenvalue weighted by molar-refractivity contribution is -0.118. The number of anilines is 1. The molecule has 0 spiro atoms. The number of piperidine rings is 1. The van der Waals surface area contributed by atoms with Gasteiger partial charge < -0.3 is 10.2 Å². The highest BCUT2D eigenvalue weighted by molar-refractivity contribution is 6.03. The molecule has 1 aliphatic carbocycles. The second-order valence-corrected chi connectivity index (χ2v) is 9.78. The maximum Gasteiger partial charge on any atom is 0.232 e. The van der Waals surface area contributed by atoms with E-state index in [2.05, 4.69) is 43.1 Å². The summed E-state index contributed by atoms with van der Waals surface area (Å²) in [7, 11) is 0. The van der Waals surface area contributed by atoms with Crippen molar-refractivity contribution in [2.75, 3.05) is 18.4 Å². The number of carbonyl (C=O) groups excluding carboxylic acids is 1. The largest absolute Gasteiger partial charge is 0.325 e. The lowest BCUT2D eigenvalue weighted by Crippen LogP contribution is -2.45. The molecule has 0 radical (unpaired) electrons. The van der Waals surface area contributed by atoms with Crippen molar-refractivity contribution in [3.63, 3.8) is 0 Å². The van der Waals surface area contributed by atoms with Crippen molar-refractivity contribution in [1.82, 2.24) is 4.90 Å². The summed E-state index contributed by atoms with van der Waals surface area (Å²) in [5.74, 6) is 1.69. The highest BCUT2D eigenvalue weighted by Gasteiger charge is 2.40. The molecule has 1 amide bonds. The summed E-state index contributed by atoms with van der Waals surface area (Å²) in [5, 5.41) is 3.09. The van der Waals surface area contributed by atoms with E-state index in [1.54, 1.807) is 0 Å². The number of para-hydroxylation sites is 1. The van der Waals surface area contributed by atoms with Crippen LogP contribution in [0.2, 0.25) is 0 Å². The van der Waals surface area contributed by atoms with Gasteiger partial charge in [-0.25, -0.2) is 0 Å². The Morgan fingerprint density at radius 3 is 2.37 bits per heavy atom. The van der Waals surface area contributed by atoms with Crippen molar-refractivity contribution in [3.05, 3.63) is 29.8 Å². The Morgan fingerprint density at radius 2 is 1.70 bits per heavy atom. The minimum atomic E-state index is 0.0736. The van der Waals surface area contributed by atoms with Crippen LogP contribution in [0.3, 0.4) is 0 Å². The predicted octanol–water partition coefficient (Wildman–Crippen LogP) is 5.43. The number of rotatable bonds is 4. The predicted molar refractivity (Wildman–Crippen MR) is 112 cm³/mol. The zero-order valence-corrected chi connectivity index (χ0v) is 17.3. The normalized spacial score (nSPS) is 30.2. The molecule has 1 atom stereocenters. The Morgan fingerprint density at radius 1 is 1.04 bits per heavy atom. The summed E-state index contributed by atoms with van der Waals surface area (Å²) in [6.45, 7) is 9.59. The Bertz CT molecular complexity index is 667. The van der Waals surface area contributed by atoms with Crippen LogP contribution in [0.25, 0.3) is 0 Å². The van der Waals surface area contributed by atoms with E-state index in [-0.39, 0.29) is 11.8 Å².